The molecule has 2 aliphatic heterocycles. The van der Waals surface area contributed by atoms with Crippen LogP contribution >= 0.6 is 0 Å². The zero-order valence-corrected chi connectivity index (χ0v) is 13.0. The third kappa shape index (κ3) is 3.11. The van der Waals surface area contributed by atoms with Gasteiger partial charge in [0.1, 0.15) is 11.9 Å². The lowest BCUT2D eigenvalue weighted by Crippen LogP contribution is -2.27. The first kappa shape index (κ1) is 14.8. The van der Waals surface area contributed by atoms with Crippen LogP contribution in [0.2, 0.25) is 0 Å². The van der Waals surface area contributed by atoms with Gasteiger partial charge in [-0.15, -0.1) is 0 Å². The number of anilines is 3. The van der Waals surface area contributed by atoms with E-state index in [-0.39, 0.29) is 18.8 Å². The molecule has 1 aromatic heterocycles. The molecule has 7 heteroatoms. The fourth-order valence-corrected chi connectivity index (χ4v) is 2.67. The summed E-state index contributed by atoms with van der Waals surface area (Å²) < 4.78 is 16.0. The zero-order valence-electron chi connectivity index (χ0n) is 13.0. The van der Waals surface area contributed by atoms with Crippen LogP contribution in [0.3, 0.4) is 0 Å². The number of hydrogen-bond acceptors (Lipinski definition) is 6. The van der Waals surface area contributed by atoms with Crippen molar-refractivity contribution in [2.75, 3.05) is 24.0 Å². The Balaban J connectivity index is 1.39. The van der Waals surface area contributed by atoms with Crippen LogP contribution in [0.5, 0.6) is 11.5 Å². The van der Waals surface area contributed by atoms with Crippen molar-refractivity contribution in [3.8, 4) is 11.5 Å². The largest absolute Gasteiger partial charge is 0.454 e. The van der Waals surface area contributed by atoms with Gasteiger partial charge in [0, 0.05) is 18.4 Å². The van der Waals surface area contributed by atoms with E-state index in [2.05, 4.69) is 15.6 Å². The molecular formula is C17H17N3O4. The molecule has 3 heterocycles. The predicted molar refractivity (Wildman–Crippen MR) is 87.7 cm³/mol. The van der Waals surface area contributed by atoms with E-state index < -0.39 is 0 Å². The molecule has 4 rings (SSSR count). The van der Waals surface area contributed by atoms with Crippen LogP contribution in [0.15, 0.2) is 36.5 Å². The lowest BCUT2D eigenvalue weighted by molar-refractivity contribution is -0.124. The molecule has 7 nitrogen and oxygen atoms in total. The Morgan fingerprint density at radius 1 is 1.12 bits per heavy atom. The molecule has 0 bridgehead atoms. The van der Waals surface area contributed by atoms with Gasteiger partial charge in [0.15, 0.2) is 11.5 Å². The van der Waals surface area contributed by atoms with E-state index in [1.807, 2.05) is 24.3 Å². The molecule has 0 radical (unpaired) electrons. The van der Waals surface area contributed by atoms with Crippen LogP contribution in [0.1, 0.15) is 12.8 Å². The minimum absolute atomic E-state index is 0.142. The summed E-state index contributed by atoms with van der Waals surface area (Å²) in [6.07, 6.45) is 2.98. The summed E-state index contributed by atoms with van der Waals surface area (Å²) in [7, 11) is 0. The zero-order chi connectivity index (χ0) is 16.4. The maximum Gasteiger partial charge on any atom is 0.254 e. The van der Waals surface area contributed by atoms with E-state index in [9.17, 15) is 4.79 Å². The van der Waals surface area contributed by atoms with Crippen molar-refractivity contribution < 1.29 is 19.0 Å². The van der Waals surface area contributed by atoms with Crippen molar-refractivity contribution in [2.24, 2.45) is 0 Å². The average Bonchev–Trinajstić information content (AvgIpc) is 3.27. The summed E-state index contributed by atoms with van der Waals surface area (Å²) in [6.45, 7) is 0.892. The van der Waals surface area contributed by atoms with Crippen LogP contribution in [0.4, 0.5) is 17.2 Å². The molecule has 2 aliphatic rings. The normalized spacial score (nSPS) is 18.4. The van der Waals surface area contributed by atoms with Crippen molar-refractivity contribution in [3.05, 3.63) is 36.5 Å². The summed E-state index contributed by atoms with van der Waals surface area (Å²) in [5, 5.41) is 6.00. The molecule has 24 heavy (non-hydrogen) atoms. The summed E-state index contributed by atoms with van der Waals surface area (Å²) in [5.74, 6) is 1.82. The number of carbonyl (C=O) groups is 1. The fourth-order valence-electron chi connectivity index (χ4n) is 2.67. The number of fused-ring (bicyclic) bond motifs is 1. The number of nitrogens with zero attached hydrogens (tertiary/aromatic N) is 1. The third-order valence-electron chi connectivity index (χ3n) is 3.90. The third-order valence-corrected chi connectivity index (χ3v) is 3.90. The van der Waals surface area contributed by atoms with E-state index in [1.165, 1.54) is 0 Å². The van der Waals surface area contributed by atoms with E-state index in [0.29, 0.717) is 18.2 Å². The highest BCUT2D eigenvalue weighted by atomic mass is 16.7. The quantitative estimate of drug-likeness (QED) is 0.898. The van der Waals surface area contributed by atoms with Crippen molar-refractivity contribution in [1.29, 1.82) is 0 Å². The van der Waals surface area contributed by atoms with Crippen molar-refractivity contribution in [3.63, 3.8) is 0 Å². The summed E-state index contributed by atoms with van der Waals surface area (Å²) in [5.41, 5.74) is 1.68. The molecule has 1 aromatic carbocycles. The van der Waals surface area contributed by atoms with E-state index in [4.69, 9.17) is 14.2 Å². The molecule has 0 aliphatic carbocycles. The van der Waals surface area contributed by atoms with Crippen LogP contribution < -0.4 is 20.1 Å². The van der Waals surface area contributed by atoms with Gasteiger partial charge in [-0.2, -0.15) is 0 Å². The number of rotatable bonds is 4. The standard InChI is InChI=1S/C17H17N3O4/c21-17(14-2-1-7-22-14)20-16-6-4-12(9-18-16)19-11-3-5-13-15(8-11)24-10-23-13/h3-6,8-9,14,19H,1-2,7,10H2,(H,18,20,21). The Labute approximate surface area is 138 Å². The Bertz CT molecular complexity index is 742. The Morgan fingerprint density at radius 2 is 2.00 bits per heavy atom. The van der Waals surface area contributed by atoms with Gasteiger partial charge >= 0.3 is 0 Å². The van der Waals surface area contributed by atoms with Crippen molar-refractivity contribution in [2.45, 2.75) is 18.9 Å². The van der Waals surface area contributed by atoms with Gasteiger partial charge in [-0.25, -0.2) is 4.98 Å². The first-order chi connectivity index (χ1) is 11.8. The number of hydrogen-bond donors (Lipinski definition) is 2. The summed E-state index contributed by atoms with van der Waals surface area (Å²) in [4.78, 5) is 16.2. The van der Waals surface area contributed by atoms with Crippen molar-refractivity contribution >= 4 is 23.1 Å². The van der Waals surface area contributed by atoms with Crippen molar-refractivity contribution in [1.82, 2.24) is 4.98 Å². The van der Waals surface area contributed by atoms with Gasteiger partial charge in [0.05, 0.1) is 11.9 Å². The molecule has 1 saturated heterocycles. The Hall–Kier alpha value is -2.80. The molecule has 1 unspecified atom stereocenters. The molecule has 2 aromatic rings. The Morgan fingerprint density at radius 3 is 2.79 bits per heavy atom. The van der Waals surface area contributed by atoms with Crippen LogP contribution in [-0.2, 0) is 9.53 Å². The maximum absolute atomic E-state index is 12.0. The smallest absolute Gasteiger partial charge is 0.254 e. The second-order valence-corrected chi connectivity index (χ2v) is 5.62. The summed E-state index contributed by atoms with van der Waals surface area (Å²) >= 11 is 0. The van der Waals surface area contributed by atoms with Gasteiger partial charge < -0.3 is 24.8 Å². The average molecular weight is 327 g/mol. The number of aromatic nitrogens is 1. The topological polar surface area (TPSA) is 81.7 Å². The van der Waals surface area contributed by atoms with Gasteiger partial charge in [-0.3, -0.25) is 4.79 Å². The maximum atomic E-state index is 12.0. The first-order valence-corrected chi connectivity index (χ1v) is 7.83. The van der Waals surface area contributed by atoms with Gasteiger partial charge in [-0.05, 0) is 37.1 Å². The molecular weight excluding hydrogens is 310 g/mol. The van der Waals surface area contributed by atoms with Gasteiger partial charge in [0.25, 0.3) is 5.91 Å². The Kier molecular flexibility index (Phi) is 3.92. The SMILES string of the molecule is O=C(Nc1ccc(Nc2ccc3c(c2)OCO3)cn1)C1CCCO1. The van der Waals surface area contributed by atoms with E-state index in [1.54, 1.807) is 12.3 Å². The molecule has 124 valence electrons. The first-order valence-electron chi connectivity index (χ1n) is 7.83. The van der Waals surface area contributed by atoms with Crippen LogP contribution in [0.25, 0.3) is 0 Å². The molecule has 2 N–H and O–H groups in total. The predicted octanol–water partition coefficient (Wildman–Crippen LogP) is 2.67. The highest BCUT2D eigenvalue weighted by Crippen LogP contribution is 2.35. The number of carbonyl (C=O) groups excluding carboxylic acids is 1. The molecule has 1 fully saturated rings. The molecule has 0 spiro atoms. The minimum atomic E-state index is -0.363. The number of amides is 1. The number of benzene rings is 1. The molecule has 1 amide bonds. The fraction of sp³-hybridized carbons (Fsp3) is 0.294. The molecule has 1 atom stereocenters. The highest BCUT2D eigenvalue weighted by molar-refractivity contribution is 5.93. The van der Waals surface area contributed by atoms with Gasteiger partial charge in [-0.1, -0.05) is 0 Å². The molecule has 0 saturated carbocycles. The minimum Gasteiger partial charge on any atom is -0.454 e. The monoisotopic (exact) mass is 327 g/mol. The second kappa shape index (κ2) is 6.37. The lowest BCUT2D eigenvalue weighted by Gasteiger charge is -2.11. The second-order valence-electron chi connectivity index (χ2n) is 5.62. The number of pyridine rings is 1. The summed E-state index contributed by atoms with van der Waals surface area (Å²) in [6, 6.07) is 9.23. The highest BCUT2D eigenvalue weighted by Gasteiger charge is 2.23. The van der Waals surface area contributed by atoms with Crippen LogP contribution in [0, 0.1) is 0 Å². The van der Waals surface area contributed by atoms with Crippen LogP contribution in [-0.4, -0.2) is 30.4 Å². The number of nitrogens with one attached hydrogen (secondary N) is 2. The lowest BCUT2D eigenvalue weighted by atomic mass is 10.2. The van der Waals surface area contributed by atoms with E-state index >= 15 is 0 Å². The number of ether oxygens (including phenoxy) is 3. The van der Waals surface area contributed by atoms with E-state index in [0.717, 1.165) is 30.0 Å². The van der Waals surface area contributed by atoms with Gasteiger partial charge in [0.2, 0.25) is 6.79 Å².